The largest absolute Gasteiger partial charge is 0.317 e. The monoisotopic (exact) mass is 222 g/mol. The normalized spacial score (nSPS) is 19.1. The van der Waals surface area contributed by atoms with Crippen LogP contribution in [0.5, 0.6) is 0 Å². The van der Waals surface area contributed by atoms with Crippen LogP contribution in [0.3, 0.4) is 0 Å². The summed E-state index contributed by atoms with van der Waals surface area (Å²) in [6.45, 7) is 0. The van der Waals surface area contributed by atoms with Crippen molar-refractivity contribution in [2.75, 3.05) is 7.05 Å². The molecule has 0 amide bonds. The van der Waals surface area contributed by atoms with E-state index < -0.39 is 0 Å². The Kier molecular flexibility index (Phi) is 3.93. The molecule has 90 valence electrons. The van der Waals surface area contributed by atoms with Gasteiger partial charge in [0, 0.05) is 19.5 Å². The second kappa shape index (κ2) is 5.43. The van der Waals surface area contributed by atoms with E-state index in [1.54, 1.807) is 6.33 Å². The lowest BCUT2D eigenvalue weighted by Gasteiger charge is -2.19. The third-order valence-electron chi connectivity index (χ3n) is 3.73. The molecule has 1 aromatic rings. The molecule has 1 saturated carbocycles. The van der Waals surface area contributed by atoms with E-state index in [4.69, 9.17) is 0 Å². The van der Waals surface area contributed by atoms with Gasteiger partial charge in [-0.2, -0.15) is 5.10 Å². The molecule has 4 heteroatoms. The van der Waals surface area contributed by atoms with Gasteiger partial charge < -0.3 is 5.32 Å². The number of nitrogens with one attached hydrogen (secondary N) is 1. The van der Waals surface area contributed by atoms with E-state index in [2.05, 4.69) is 22.4 Å². The van der Waals surface area contributed by atoms with E-state index in [1.165, 1.54) is 32.1 Å². The highest BCUT2D eigenvalue weighted by Gasteiger charge is 2.20. The van der Waals surface area contributed by atoms with Crippen molar-refractivity contribution in [3.05, 3.63) is 12.2 Å². The molecule has 1 aromatic heterocycles. The highest BCUT2D eigenvalue weighted by atomic mass is 15.3. The first-order valence-corrected chi connectivity index (χ1v) is 6.29. The van der Waals surface area contributed by atoms with Crippen LogP contribution in [0.4, 0.5) is 0 Å². The fraction of sp³-hybridized carbons (Fsp3) is 0.833. The first-order chi connectivity index (χ1) is 7.79. The third-order valence-corrected chi connectivity index (χ3v) is 3.73. The molecule has 0 saturated heterocycles. The zero-order chi connectivity index (χ0) is 11.4. The van der Waals surface area contributed by atoms with Gasteiger partial charge in [0.25, 0.3) is 0 Å². The molecule has 2 rings (SSSR count). The number of likely N-dealkylation sites (N-methyl/N-ethyl adjacent to an activating group) is 1. The number of hydrogen-bond acceptors (Lipinski definition) is 3. The third kappa shape index (κ3) is 2.82. The molecule has 1 aliphatic rings. The Morgan fingerprint density at radius 2 is 2.25 bits per heavy atom. The van der Waals surface area contributed by atoms with Gasteiger partial charge >= 0.3 is 0 Å². The van der Waals surface area contributed by atoms with Crippen LogP contribution in [0, 0.1) is 5.92 Å². The van der Waals surface area contributed by atoms with Crippen molar-refractivity contribution in [3.8, 4) is 0 Å². The van der Waals surface area contributed by atoms with E-state index in [0.29, 0.717) is 6.04 Å². The SMILES string of the molecule is CNC(Cc1ncnn1C)CC1CCCC1. The van der Waals surface area contributed by atoms with Gasteiger partial charge in [-0.1, -0.05) is 25.7 Å². The van der Waals surface area contributed by atoms with E-state index >= 15 is 0 Å². The molecule has 1 atom stereocenters. The molecule has 0 spiro atoms. The average Bonchev–Trinajstić information content (AvgIpc) is 2.90. The molecule has 1 heterocycles. The topological polar surface area (TPSA) is 42.7 Å². The Hall–Kier alpha value is -0.900. The minimum Gasteiger partial charge on any atom is -0.317 e. The number of rotatable bonds is 5. The Balaban J connectivity index is 1.87. The van der Waals surface area contributed by atoms with Crippen molar-refractivity contribution in [2.45, 2.75) is 44.6 Å². The number of aromatic nitrogens is 3. The zero-order valence-corrected chi connectivity index (χ0v) is 10.3. The minimum absolute atomic E-state index is 0.547. The van der Waals surface area contributed by atoms with Crippen LogP contribution >= 0.6 is 0 Å². The second-order valence-electron chi connectivity index (χ2n) is 4.88. The molecule has 0 aromatic carbocycles. The number of hydrogen-bond donors (Lipinski definition) is 1. The van der Waals surface area contributed by atoms with E-state index in [-0.39, 0.29) is 0 Å². The summed E-state index contributed by atoms with van der Waals surface area (Å²) in [5.74, 6) is 2.00. The summed E-state index contributed by atoms with van der Waals surface area (Å²) in [4.78, 5) is 4.29. The summed E-state index contributed by atoms with van der Waals surface area (Å²) < 4.78 is 1.87. The van der Waals surface area contributed by atoms with Crippen LogP contribution in [0.2, 0.25) is 0 Å². The van der Waals surface area contributed by atoms with E-state index in [0.717, 1.165) is 18.2 Å². The maximum absolute atomic E-state index is 4.29. The Bertz CT molecular complexity index is 315. The molecule has 16 heavy (non-hydrogen) atoms. The quantitative estimate of drug-likeness (QED) is 0.821. The van der Waals surface area contributed by atoms with Crippen molar-refractivity contribution in [2.24, 2.45) is 13.0 Å². The Labute approximate surface area is 97.5 Å². The molecule has 4 nitrogen and oxygen atoms in total. The van der Waals surface area contributed by atoms with Gasteiger partial charge in [-0.05, 0) is 19.4 Å². The maximum Gasteiger partial charge on any atom is 0.138 e. The van der Waals surface area contributed by atoms with Crippen LogP contribution in [-0.2, 0) is 13.5 Å². The molecule has 0 bridgehead atoms. The van der Waals surface area contributed by atoms with E-state index in [1.807, 2.05) is 11.7 Å². The molecule has 0 radical (unpaired) electrons. The van der Waals surface area contributed by atoms with Crippen LogP contribution < -0.4 is 5.32 Å². The van der Waals surface area contributed by atoms with Crippen molar-refractivity contribution >= 4 is 0 Å². The summed E-state index contributed by atoms with van der Waals surface area (Å²) in [7, 11) is 4.01. The van der Waals surface area contributed by atoms with Gasteiger partial charge in [0.2, 0.25) is 0 Å². The van der Waals surface area contributed by atoms with Gasteiger partial charge in [-0.25, -0.2) is 4.98 Å². The lowest BCUT2D eigenvalue weighted by Crippen LogP contribution is -2.30. The summed E-state index contributed by atoms with van der Waals surface area (Å²) in [6, 6.07) is 0.547. The van der Waals surface area contributed by atoms with Crippen LogP contribution in [0.1, 0.15) is 37.9 Å². The van der Waals surface area contributed by atoms with Gasteiger partial charge in [0.15, 0.2) is 0 Å². The fourth-order valence-electron chi connectivity index (χ4n) is 2.68. The Morgan fingerprint density at radius 1 is 1.50 bits per heavy atom. The molecule has 1 unspecified atom stereocenters. The fourth-order valence-corrected chi connectivity index (χ4v) is 2.68. The second-order valence-corrected chi connectivity index (χ2v) is 4.88. The first-order valence-electron chi connectivity index (χ1n) is 6.29. The summed E-state index contributed by atoms with van der Waals surface area (Å²) in [5.41, 5.74) is 0. The lowest BCUT2D eigenvalue weighted by molar-refractivity contribution is 0.395. The molecular formula is C12H22N4. The van der Waals surface area contributed by atoms with Crippen molar-refractivity contribution in [3.63, 3.8) is 0 Å². The molecular weight excluding hydrogens is 200 g/mol. The van der Waals surface area contributed by atoms with Crippen molar-refractivity contribution in [1.29, 1.82) is 0 Å². The van der Waals surface area contributed by atoms with Crippen LogP contribution in [0.25, 0.3) is 0 Å². The minimum atomic E-state index is 0.547. The predicted octanol–water partition coefficient (Wildman–Crippen LogP) is 1.53. The predicted molar refractivity (Wildman–Crippen MR) is 64.1 cm³/mol. The summed E-state index contributed by atoms with van der Waals surface area (Å²) in [6.07, 6.45) is 9.58. The van der Waals surface area contributed by atoms with Crippen molar-refractivity contribution < 1.29 is 0 Å². The van der Waals surface area contributed by atoms with Gasteiger partial charge in [-0.15, -0.1) is 0 Å². The van der Waals surface area contributed by atoms with Gasteiger partial charge in [0.1, 0.15) is 12.2 Å². The van der Waals surface area contributed by atoms with Gasteiger partial charge in [-0.3, -0.25) is 4.68 Å². The molecule has 1 fully saturated rings. The van der Waals surface area contributed by atoms with Crippen molar-refractivity contribution in [1.82, 2.24) is 20.1 Å². The summed E-state index contributed by atoms with van der Waals surface area (Å²) in [5, 5.41) is 7.53. The highest BCUT2D eigenvalue weighted by molar-refractivity contribution is 4.89. The Morgan fingerprint density at radius 3 is 2.81 bits per heavy atom. The standard InChI is InChI=1S/C12H22N4/c1-13-11(7-10-5-3-4-6-10)8-12-14-9-15-16(12)2/h9-11,13H,3-8H2,1-2H3. The lowest BCUT2D eigenvalue weighted by atomic mass is 9.96. The number of aryl methyl sites for hydroxylation is 1. The van der Waals surface area contributed by atoms with E-state index in [9.17, 15) is 0 Å². The molecule has 0 aliphatic heterocycles. The highest BCUT2D eigenvalue weighted by Crippen LogP contribution is 2.28. The van der Waals surface area contributed by atoms with Crippen LogP contribution in [-0.4, -0.2) is 27.9 Å². The molecule has 1 N–H and O–H groups in total. The molecule has 1 aliphatic carbocycles. The smallest absolute Gasteiger partial charge is 0.138 e. The average molecular weight is 222 g/mol. The van der Waals surface area contributed by atoms with Gasteiger partial charge in [0.05, 0.1) is 0 Å². The van der Waals surface area contributed by atoms with Crippen LogP contribution in [0.15, 0.2) is 6.33 Å². The number of nitrogens with zero attached hydrogens (tertiary/aromatic N) is 3. The maximum atomic E-state index is 4.29. The first kappa shape index (κ1) is 11.6. The zero-order valence-electron chi connectivity index (χ0n) is 10.3. The summed E-state index contributed by atoms with van der Waals surface area (Å²) >= 11 is 0.